The van der Waals surface area contributed by atoms with Crippen LogP contribution in [-0.2, 0) is 0 Å². The van der Waals surface area contributed by atoms with E-state index in [1.165, 1.54) is 0 Å². The Morgan fingerprint density at radius 3 is 2.72 bits per heavy atom. The molecule has 1 unspecified atom stereocenters. The second-order valence-corrected chi connectivity index (χ2v) is 4.15. The minimum Gasteiger partial charge on any atom is -0.496 e. The molecular weight excluding hydrogens is 226 g/mol. The van der Waals surface area contributed by atoms with Gasteiger partial charge in [-0.2, -0.15) is 0 Å². The molecule has 18 heavy (non-hydrogen) atoms. The molecule has 1 aromatic heterocycles. The molecule has 0 saturated heterocycles. The lowest BCUT2D eigenvalue weighted by Gasteiger charge is -2.16. The zero-order valence-electron chi connectivity index (χ0n) is 10.6. The normalized spacial score (nSPS) is 12.2. The Morgan fingerprint density at radius 2 is 2.17 bits per heavy atom. The van der Waals surface area contributed by atoms with E-state index < -0.39 is 0 Å². The number of hydrogen-bond donors (Lipinski definition) is 1. The monoisotopic (exact) mass is 243 g/mol. The first-order chi connectivity index (χ1) is 8.76. The highest BCUT2D eigenvalue weighted by Crippen LogP contribution is 2.26. The molecule has 94 valence electrons. The summed E-state index contributed by atoms with van der Waals surface area (Å²) in [6.45, 7) is 2.54. The lowest BCUT2D eigenvalue weighted by molar-refractivity contribution is 0.411. The number of aryl methyl sites for hydroxylation is 1. The van der Waals surface area contributed by atoms with Crippen LogP contribution in [0, 0.1) is 6.92 Å². The molecule has 0 amide bonds. The number of methoxy groups -OCH3 is 1. The average molecular weight is 243 g/mol. The highest BCUT2D eigenvalue weighted by Gasteiger charge is 2.14. The number of rotatable bonds is 4. The van der Waals surface area contributed by atoms with Crippen molar-refractivity contribution < 1.29 is 4.74 Å². The fourth-order valence-electron chi connectivity index (χ4n) is 2.05. The van der Waals surface area contributed by atoms with Crippen molar-refractivity contribution in [3.8, 4) is 5.75 Å². The number of benzene rings is 1. The van der Waals surface area contributed by atoms with Gasteiger partial charge < -0.3 is 10.5 Å². The van der Waals surface area contributed by atoms with Gasteiger partial charge in [-0.15, -0.1) is 0 Å². The molecule has 0 aliphatic carbocycles. The predicted molar refractivity (Wildman–Crippen MR) is 70.7 cm³/mol. The van der Waals surface area contributed by atoms with Crippen LogP contribution in [0.15, 0.2) is 36.8 Å². The van der Waals surface area contributed by atoms with Crippen molar-refractivity contribution in [3.05, 3.63) is 53.6 Å². The Bertz CT molecular complexity index is 514. The first-order valence-corrected chi connectivity index (χ1v) is 5.86. The summed E-state index contributed by atoms with van der Waals surface area (Å²) in [5, 5.41) is 0. The molecule has 0 radical (unpaired) electrons. The van der Waals surface area contributed by atoms with E-state index in [9.17, 15) is 0 Å². The van der Waals surface area contributed by atoms with Gasteiger partial charge in [-0.3, -0.25) is 0 Å². The Labute approximate surface area is 107 Å². The molecule has 0 saturated carbocycles. The van der Waals surface area contributed by atoms with Crippen LogP contribution in [0.4, 0.5) is 0 Å². The van der Waals surface area contributed by atoms with Gasteiger partial charge in [0.2, 0.25) is 0 Å². The summed E-state index contributed by atoms with van der Waals surface area (Å²) in [6, 6.07) is 8.00. The summed E-state index contributed by atoms with van der Waals surface area (Å²) in [5.41, 5.74) is 9.05. The Hall–Kier alpha value is -1.94. The smallest absolute Gasteiger partial charge is 0.121 e. The molecule has 0 aliphatic rings. The fraction of sp³-hybridized carbons (Fsp3) is 0.286. The second kappa shape index (κ2) is 5.60. The number of hydrogen-bond acceptors (Lipinski definition) is 4. The molecule has 4 nitrogen and oxygen atoms in total. The number of nitrogens with two attached hydrogens (primary N) is 1. The predicted octanol–water partition coefficient (Wildman–Crippen LogP) is 1.88. The largest absolute Gasteiger partial charge is 0.496 e. The summed E-state index contributed by atoms with van der Waals surface area (Å²) in [7, 11) is 1.67. The molecule has 1 heterocycles. The van der Waals surface area contributed by atoms with Crippen molar-refractivity contribution in [1.82, 2.24) is 9.97 Å². The van der Waals surface area contributed by atoms with Crippen LogP contribution in [0.3, 0.4) is 0 Å². The van der Waals surface area contributed by atoms with E-state index in [0.29, 0.717) is 6.54 Å². The third-order valence-corrected chi connectivity index (χ3v) is 3.02. The van der Waals surface area contributed by atoms with Crippen LogP contribution in [0.25, 0.3) is 0 Å². The molecule has 1 atom stereocenters. The maximum Gasteiger partial charge on any atom is 0.121 e. The van der Waals surface area contributed by atoms with E-state index in [-0.39, 0.29) is 5.92 Å². The van der Waals surface area contributed by atoms with Gasteiger partial charge in [-0.1, -0.05) is 12.1 Å². The van der Waals surface area contributed by atoms with Gasteiger partial charge in [0.15, 0.2) is 0 Å². The van der Waals surface area contributed by atoms with Gasteiger partial charge >= 0.3 is 0 Å². The lowest BCUT2D eigenvalue weighted by atomic mass is 9.94. The summed E-state index contributed by atoms with van der Waals surface area (Å²) in [4.78, 5) is 8.20. The van der Waals surface area contributed by atoms with Crippen LogP contribution in [-0.4, -0.2) is 23.6 Å². The van der Waals surface area contributed by atoms with Crippen molar-refractivity contribution in [1.29, 1.82) is 0 Å². The summed E-state index contributed by atoms with van der Waals surface area (Å²) in [5.74, 6) is 0.981. The topological polar surface area (TPSA) is 61.0 Å². The summed E-state index contributed by atoms with van der Waals surface area (Å²) in [6.07, 6.45) is 3.29. The highest BCUT2D eigenvalue weighted by atomic mass is 16.5. The van der Waals surface area contributed by atoms with Crippen LogP contribution in [0.1, 0.15) is 22.7 Å². The molecule has 2 N–H and O–H groups in total. The van der Waals surface area contributed by atoms with Crippen molar-refractivity contribution >= 4 is 0 Å². The first-order valence-electron chi connectivity index (χ1n) is 5.86. The van der Waals surface area contributed by atoms with Crippen molar-refractivity contribution in [2.75, 3.05) is 13.7 Å². The molecule has 0 bridgehead atoms. The van der Waals surface area contributed by atoms with Gasteiger partial charge in [-0.05, 0) is 30.2 Å². The quantitative estimate of drug-likeness (QED) is 0.890. The number of nitrogens with zero attached hydrogens (tertiary/aromatic N) is 2. The van der Waals surface area contributed by atoms with E-state index in [1.807, 2.05) is 25.1 Å². The second-order valence-electron chi connectivity index (χ2n) is 4.15. The van der Waals surface area contributed by atoms with Crippen LogP contribution < -0.4 is 10.5 Å². The molecule has 1 aromatic carbocycles. The number of ether oxygens (including phenoxy) is 1. The third-order valence-electron chi connectivity index (χ3n) is 3.02. The molecule has 2 rings (SSSR count). The standard InChI is InChI=1S/C14H17N3O/c1-10-7-11(3-4-14(10)18-2)12(8-15)13-5-6-16-9-17-13/h3-7,9,12H,8,15H2,1-2H3. The maximum atomic E-state index is 5.87. The zero-order chi connectivity index (χ0) is 13.0. The minimum atomic E-state index is 0.0950. The summed E-state index contributed by atoms with van der Waals surface area (Å²) >= 11 is 0. The van der Waals surface area contributed by atoms with E-state index >= 15 is 0 Å². The van der Waals surface area contributed by atoms with Gasteiger partial charge in [0.25, 0.3) is 0 Å². The van der Waals surface area contributed by atoms with Crippen molar-refractivity contribution in [3.63, 3.8) is 0 Å². The maximum absolute atomic E-state index is 5.87. The third kappa shape index (κ3) is 2.49. The SMILES string of the molecule is COc1ccc(C(CN)c2ccncn2)cc1C. The van der Waals surface area contributed by atoms with Gasteiger partial charge in [0, 0.05) is 18.7 Å². The Kier molecular flexibility index (Phi) is 3.89. The fourth-order valence-corrected chi connectivity index (χ4v) is 2.05. The van der Waals surface area contributed by atoms with Crippen molar-refractivity contribution in [2.24, 2.45) is 5.73 Å². The van der Waals surface area contributed by atoms with Crippen molar-refractivity contribution in [2.45, 2.75) is 12.8 Å². The van der Waals surface area contributed by atoms with Crippen LogP contribution in [0.5, 0.6) is 5.75 Å². The van der Waals surface area contributed by atoms with Gasteiger partial charge in [0.05, 0.1) is 12.8 Å². The summed E-state index contributed by atoms with van der Waals surface area (Å²) < 4.78 is 5.26. The van der Waals surface area contributed by atoms with E-state index in [1.54, 1.807) is 19.6 Å². The Balaban J connectivity index is 2.37. The molecule has 0 aliphatic heterocycles. The van der Waals surface area contributed by atoms with Crippen LogP contribution in [0.2, 0.25) is 0 Å². The van der Waals surface area contributed by atoms with Gasteiger partial charge in [-0.25, -0.2) is 9.97 Å². The minimum absolute atomic E-state index is 0.0950. The van der Waals surface area contributed by atoms with E-state index in [2.05, 4.69) is 16.0 Å². The van der Waals surface area contributed by atoms with E-state index in [0.717, 1.165) is 22.6 Å². The molecular formula is C14H17N3O. The average Bonchev–Trinajstić information content (AvgIpc) is 2.41. The van der Waals surface area contributed by atoms with Crippen LogP contribution >= 0.6 is 0 Å². The highest BCUT2D eigenvalue weighted by molar-refractivity contribution is 5.40. The lowest BCUT2D eigenvalue weighted by Crippen LogP contribution is -2.15. The zero-order valence-corrected chi connectivity index (χ0v) is 10.6. The Morgan fingerprint density at radius 1 is 1.33 bits per heavy atom. The van der Waals surface area contributed by atoms with E-state index in [4.69, 9.17) is 10.5 Å². The molecule has 0 fully saturated rings. The number of aromatic nitrogens is 2. The molecule has 4 heteroatoms. The first kappa shape index (κ1) is 12.5. The molecule has 2 aromatic rings. The van der Waals surface area contributed by atoms with Gasteiger partial charge in [0.1, 0.15) is 12.1 Å². The molecule has 0 spiro atoms.